The molecule has 2 heterocycles. The molecular weight excluding hydrogens is 389 g/mol. The summed E-state index contributed by atoms with van der Waals surface area (Å²) in [5.74, 6) is 6.32. The number of aliphatic hydroxyl groups excluding tert-OH is 1. The van der Waals surface area contributed by atoms with Gasteiger partial charge in [-0.15, -0.1) is 0 Å². The summed E-state index contributed by atoms with van der Waals surface area (Å²) in [6.07, 6.45) is 16.2. The number of nitrogens with one attached hydrogen (secondary N) is 1. The summed E-state index contributed by atoms with van der Waals surface area (Å²) >= 11 is 0. The number of nitrogens with zero attached hydrogens (tertiary/aromatic N) is 2. The number of H-pyrrole nitrogens is 1. The molecule has 4 nitrogen and oxygen atoms in total. The highest BCUT2D eigenvalue weighted by Crippen LogP contribution is 2.31. The number of rotatable bonds is 4. The van der Waals surface area contributed by atoms with Gasteiger partial charge in [0, 0.05) is 23.4 Å². The fraction of sp³-hybridized carbons (Fsp3) is 0.346. The van der Waals surface area contributed by atoms with Crippen molar-refractivity contribution in [3.8, 4) is 11.8 Å². The van der Waals surface area contributed by atoms with Crippen LogP contribution in [0.25, 0.3) is 11.0 Å². The molecule has 0 radical (unpaired) electrons. The Morgan fingerprint density at radius 2 is 2.13 bits per heavy atom. The lowest BCUT2D eigenvalue weighted by Gasteiger charge is -2.37. The normalized spacial score (nSPS) is 23.0. The number of β-amino-alcohol motifs (C(OH)–C–C–N with tert-alkyl or cyclic N) is 1. The number of hydrogen-bond donors (Lipinski definition) is 2. The van der Waals surface area contributed by atoms with Gasteiger partial charge in [-0.2, -0.15) is 0 Å². The van der Waals surface area contributed by atoms with E-state index in [4.69, 9.17) is 0 Å². The molecule has 2 aromatic rings. The molecule has 0 saturated carbocycles. The van der Waals surface area contributed by atoms with Gasteiger partial charge in [0.15, 0.2) is 0 Å². The van der Waals surface area contributed by atoms with Crippen LogP contribution < -0.4 is 0 Å². The number of aliphatic hydroxyl groups is 1. The van der Waals surface area contributed by atoms with Gasteiger partial charge < -0.3 is 10.1 Å². The van der Waals surface area contributed by atoms with Gasteiger partial charge >= 0.3 is 0 Å². The zero-order chi connectivity index (χ0) is 22.0. The third kappa shape index (κ3) is 4.41. The van der Waals surface area contributed by atoms with E-state index in [0.717, 1.165) is 23.9 Å². The van der Waals surface area contributed by atoms with Crippen molar-refractivity contribution in [1.29, 1.82) is 0 Å². The van der Waals surface area contributed by atoms with E-state index in [2.05, 4.69) is 70.1 Å². The zero-order valence-electron chi connectivity index (χ0n) is 18.2. The summed E-state index contributed by atoms with van der Waals surface area (Å²) in [7, 11) is 2.05. The van der Waals surface area contributed by atoms with Crippen LogP contribution in [0.1, 0.15) is 31.0 Å². The number of allylic oxidation sites excluding steroid dienone is 6. The van der Waals surface area contributed by atoms with Gasteiger partial charge in [-0.05, 0) is 62.4 Å². The van der Waals surface area contributed by atoms with Crippen LogP contribution in [0.5, 0.6) is 0 Å². The van der Waals surface area contributed by atoms with Crippen molar-refractivity contribution >= 4 is 11.0 Å². The van der Waals surface area contributed by atoms with Crippen molar-refractivity contribution in [3.63, 3.8) is 0 Å². The molecular formula is C26H28FN3O. The summed E-state index contributed by atoms with van der Waals surface area (Å²) in [6, 6.07) is 1.87. The quantitative estimate of drug-likeness (QED) is 0.724. The lowest BCUT2D eigenvalue weighted by atomic mass is 9.85. The molecule has 0 fully saturated rings. The summed E-state index contributed by atoms with van der Waals surface area (Å²) in [6.45, 7) is 4.77. The Morgan fingerprint density at radius 3 is 2.81 bits per heavy atom. The van der Waals surface area contributed by atoms with Crippen LogP contribution in [-0.4, -0.2) is 45.7 Å². The Hall–Kier alpha value is -2.94. The molecule has 2 aliphatic rings. The molecule has 31 heavy (non-hydrogen) atoms. The average molecular weight is 418 g/mol. The Bertz CT molecular complexity index is 1170. The van der Waals surface area contributed by atoms with E-state index < -0.39 is 0 Å². The van der Waals surface area contributed by atoms with Crippen LogP contribution in [0, 0.1) is 30.5 Å². The molecule has 0 amide bonds. The molecule has 0 aromatic carbocycles. The topological polar surface area (TPSA) is 52.2 Å². The van der Waals surface area contributed by atoms with Crippen LogP contribution in [0.3, 0.4) is 0 Å². The van der Waals surface area contributed by atoms with E-state index in [1.807, 2.05) is 13.1 Å². The maximum Gasteiger partial charge on any atom is 0.145 e. The summed E-state index contributed by atoms with van der Waals surface area (Å²) in [5, 5.41) is 9.98. The minimum Gasteiger partial charge on any atom is -0.395 e. The monoisotopic (exact) mass is 417 g/mol. The van der Waals surface area contributed by atoms with E-state index >= 15 is 0 Å². The molecule has 0 aliphatic heterocycles. The molecule has 2 aliphatic carbocycles. The molecule has 5 heteroatoms. The molecule has 0 spiro atoms. The van der Waals surface area contributed by atoms with Crippen molar-refractivity contribution in [1.82, 2.24) is 14.9 Å². The fourth-order valence-electron chi connectivity index (χ4n) is 3.98. The third-order valence-corrected chi connectivity index (χ3v) is 6.36. The van der Waals surface area contributed by atoms with Crippen molar-refractivity contribution < 1.29 is 9.50 Å². The van der Waals surface area contributed by atoms with E-state index in [-0.39, 0.29) is 23.9 Å². The summed E-state index contributed by atoms with van der Waals surface area (Å²) in [4.78, 5) is 9.44. The summed E-state index contributed by atoms with van der Waals surface area (Å²) in [5.41, 5.74) is 4.40. The number of likely N-dealkylation sites (N-methyl/N-ethyl adjacent to an activating group) is 1. The standard InChI is InChI=1S/C26H28FN3O/c1-18-23-16-22(29-25(23)28-17-24(18)27)9-6-19-4-7-20(8-5-19)21-10-12-26(2,13-11-21)30(3)14-15-31/h4,7-8,10-12,16-17,19,31H,5,13-15H2,1-3H3,(H,28,29). The molecule has 2 aromatic heterocycles. The van der Waals surface area contributed by atoms with Crippen LogP contribution in [-0.2, 0) is 0 Å². The number of aryl methyl sites for hydroxylation is 1. The lowest BCUT2D eigenvalue weighted by molar-refractivity contribution is 0.144. The third-order valence-electron chi connectivity index (χ3n) is 6.36. The molecule has 2 unspecified atom stereocenters. The summed E-state index contributed by atoms with van der Waals surface area (Å²) < 4.78 is 13.7. The SMILES string of the molecule is Cc1c(F)cnc2[nH]c(C#CC3C=CC(C4=CCC(C)(N(C)CCO)C=C4)=CC3)cc12. The molecule has 0 bridgehead atoms. The highest BCUT2D eigenvalue weighted by atomic mass is 19.1. The van der Waals surface area contributed by atoms with Crippen LogP contribution >= 0.6 is 0 Å². The smallest absolute Gasteiger partial charge is 0.145 e. The molecule has 4 rings (SSSR count). The number of halogens is 1. The second kappa shape index (κ2) is 8.66. The van der Waals surface area contributed by atoms with Gasteiger partial charge in [0.05, 0.1) is 18.5 Å². The number of aromatic amines is 1. The van der Waals surface area contributed by atoms with E-state index in [0.29, 0.717) is 17.8 Å². The largest absolute Gasteiger partial charge is 0.395 e. The van der Waals surface area contributed by atoms with E-state index in [1.54, 1.807) is 6.92 Å². The molecule has 160 valence electrons. The number of aromatic nitrogens is 2. The number of pyridine rings is 1. The molecule has 2 N–H and O–H groups in total. The van der Waals surface area contributed by atoms with Crippen molar-refractivity contribution in [2.45, 2.75) is 32.2 Å². The predicted molar refractivity (Wildman–Crippen MR) is 123 cm³/mol. The van der Waals surface area contributed by atoms with Crippen molar-refractivity contribution in [2.24, 2.45) is 5.92 Å². The van der Waals surface area contributed by atoms with Gasteiger partial charge in [-0.25, -0.2) is 9.37 Å². The predicted octanol–water partition coefficient (Wildman–Crippen LogP) is 4.43. The maximum atomic E-state index is 13.7. The fourth-order valence-corrected chi connectivity index (χ4v) is 3.98. The first-order valence-electron chi connectivity index (χ1n) is 10.7. The second-order valence-electron chi connectivity index (χ2n) is 8.51. The number of hydrogen-bond acceptors (Lipinski definition) is 3. The molecule has 0 saturated heterocycles. The minimum atomic E-state index is -0.301. The Morgan fingerprint density at radius 1 is 1.32 bits per heavy atom. The zero-order valence-corrected chi connectivity index (χ0v) is 18.2. The van der Waals surface area contributed by atoms with Gasteiger partial charge in [0.1, 0.15) is 11.5 Å². The van der Waals surface area contributed by atoms with Gasteiger partial charge in [-0.3, -0.25) is 4.90 Å². The first-order valence-corrected chi connectivity index (χ1v) is 10.7. The van der Waals surface area contributed by atoms with E-state index in [9.17, 15) is 9.50 Å². The molecule has 2 atom stereocenters. The lowest BCUT2D eigenvalue weighted by Crippen LogP contribution is -2.44. The first kappa shape index (κ1) is 21.3. The minimum absolute atomic E-state index is 0.0606. The van der Waals surface area contributed by atoms with Gasteiger partial charge in [0.25, 0.3) is 0 Å². The maximum absolute atomic E-state index is 13.7. The Balaban J connectivity index is 1.41. The average Bonchev–Trinajstić information content (AvgIpc) is 3.20. The van der Waals surface area contributed by atoms with Gasteiger partial charge in [0.2, 0.25) is 0 Å². The first-order chi connectivity index (χ1) is 14.9. The Labute approximate surface area is 182 Å². The van der Waals surface area contributed by atoms with E-state index in [1.165, 1.54) is 17.3 Å². The van der Waals surface area contributed by atoms with Crippen LogP contribution in [0.4, 0.5) is 4.39 Å². The highest BCUT2D eigenvalue weighted by Gasteiger charge is 2.27. The highest BCUT2D eigenvalue weighted by molar-refractivity contribution is 5.81. The van der Waals surface area contributed by atoms with Crippen LogP contribution in [0.15, 0.2) is 59.9 Å². The Kier molecular flexibility index (Phi) is 5.95. The van der Waals surface area contributed by atoms with Gasteiger partial charge in [-0.1, -0.05) is 42.4 Å². The van der Waals surface area contributed by atoms with Crippen LogP contribution in [0.2, 0.25) is 0 Å². The number of fused-ring (bicyclic) bond motifs is 1. The van der Waals surface area contributed by atoms with Crippen molar-refractivity contribution in [3.05, 3.63) is 76.9 Å². The van der Waals surface area contributed by atoms with Crippen molar-refractivity contribution in [2.75, 3.05) is 20.2 Å². The second-order valence-corrected chi connectivity index (χ2v) is 8.51.